The van der Waals surface area contributed by atoms with Gasteiger partial charge in [0.15, 0.2) is 0 Å². The zero-order chi connectivity index (χ0) is 14.5. The Kier molecular flexibility index (Phi) is 5.31. The Balaban J connectivity index is 2.14. The first-order valence-electron chi connectivity index (χ1n) is 5.84. The summed E-state index contributed by atoms with van der Waals surface area (Å²) >= 11 is 3.88. The normalized spacial score (nSPS) is 10.2. The smallest absolute Gasteiger partial charge is 0.337 e. The lowest BCUT2D eigenvalue weighted by Crippen LogP contribution is -2.00. The van der Waals surface area contributed by atoms with Gasteiger partial charge in [-0.25, -0.2) is 4.79 Å². The van der Waals surface area contributed by atoms with E-state index >= 15 is 0 Å². The van der Waals surface area contributed by atoms with Gasteiger partial charge in [-0.15, -0.1) is 0 Å². The van der Waals surface area contributed by atoms with E-state index in [1.54, 1.807) is 31.0 Å². The molecule has 0 aliphatic carbocycles. The van der Waals surface area contributed by atoms with Crippen molar-refractivity contribution in [3.8, 4) is 5.75 Å². The monoisotopic (exact) mass is 400 g/mol. The van der Waals surface area contributed by atoms with Crippen molar-refractivity contribution in [3.63, 3.8) is 0 Å². The first-order valence-corrected chi connectivity index (χ1v) is 7.73. The molecule has 0 aromatic heterocycles. The Hall–Kier alpha value is -1.21. The van der Waals surface area contributed by atoms with Crippen molar-refractivity contribution in [2.75, 3.05) is 14.2 Å². The number of carbonyl (C=O) groups excluding carboxylic acids is 1. The average molecular weight is 400 g/mol. The van der Waals surface area contributed by atoms with E-state index in [0.717, 1.165) is 19.1 Å². The SMILES string of the molecule is COC(=O)c1ccc(Sc2ccc(OC)c(I)c2)cc1. The molecule has 0 saturated heterocycles. The summed E-state index contributed by atoms with van der Waals surface area (Å²) in [4.78, 5) is 13.5. The maximum absolute atomic E-state index is 11.4. The molecule has 0 N–H and O–H groups in total. The fourth-order valence-corrected chi connectivity index (χ4v) is 3.43. The quantitative estimate of drug-likeness (QED) is 0.568. The molecule has 2 rings (SSSR count). The van der Waals surface area contributed by atoms with E-state index in [2.05, 4.69) is 33.4 Å². The minimum atomic E-state index is -0.319. The van der Waals surface area contributed by atoms with Gasteiger partial charge in [0.25, 0.3) is 0 Å². The number of ether oxygens (including phenoxy) is 2. The van der Waals surface area contributed by atoms with Crippen molar-refractivity contribution in [1.29, 1.82) is 0 Å². The van der Waals surface area contributed by atoms with Crippen LogP contribution in [0.4, 0.5) is 0 Å². The third-order valence-corrected chi connectivity index (χ3v) is 4.47. The zero-order valence-corrected chi connectivity index (χ0v) is 14.0. The standard InChI is InChI=1S/C15H13IO3S/c1-18-14-8-7-12(9-13(14)16)20-11-5-3-10(4-6-11)15(17)19-2/h3-9H,1-2H3. The summed E-state index contributed by atoms with van der Waals surface area (Å²) < 4.78 is 11.0. The van der Waals surface area contributed by atoms with Crippen LogP contribution < -0.4 is 4.74 Å². The highest BCUT2D eigenvalue weighted by Gasteiger charge is 2.06. The summed E-state index contributed by atoms with van der Waals surface area (Å²) in [5, 5.41) is 0. The first-order chi connectivity index (χ1) is 9.63. The van der Waals surface area contributed by atoms with Crippen LogP contribution in [0.5, 0.6) is 5.75 Å². The van der Waals surface area contributed by atoms with Gasteiger partial charge in [-0.2, -0.15) is 0 Å². The third-order valence-electron chi connectivity index (χ3n) is 2.63. The first kappa shape index (κ1) is 15.2. The van der Waals surface area contributed by atoms with Gasteiger partial charge in [0, 0.05) is 9.79 Å². The summed E-state index contributed by atoms with van der Waals surface area (Å²) in [5.74, 6) is 0.552. The molecule has 0 radical (unpaired) electrons. The Bertz CT molecular complexity index is 611. The largest absolute Gasteiger partial charge is 0.496 e. The second-order valence-electron chi connectivity index (χ2n) is 3.91. The van der Waals surface area contributed by atoms with Gasteiger partial charge in [-0.3, -0.25) is 0 Å². The van der Waals surface area contributed by atoms with E-state index in [0.29, 0.717) is 5.56 Å². The summed E-state index contributed by atoms with van der Waals surface area (Å²) in [7, 11) is 3.04. The van der Waals surface area contributed by atoms with Crippen LogP contribution in [0.15, 0.2) is 52.3 Å². The van der Waals surface area contributed by atoms with Crippen LogP contribution in [0.2, 0.25) is 0 Å². The molecule has 0 spiro atoms. The molecule has 0 fully saturated rings. The number of methoxy groups -OCH3 is 2. The van der Waals surface area contributed by atoms with Gasteiger partial charge in [0.2, 0.25) is 0 Å². The van der Waals surface area contributed by atoms with Crippen LogP contribution in [0, 0.1) is 3.57 Å². The molecular weight excluding hydrogens is 387 g/mol. The molecule has 2 aromatic carbocycles. The lowest BCUT2D eigenvalue weighted by molar-refractivity contribution is 0.0600. The van der Waals surface area contributed by atoms with Crippen LogP contribution in [0.1, 0.15) is 10.4 Å². The number of hydrogen-bond donors (Lipinski definition) is 0. The molecule has 3 nitrogen and oxygen atoms in total. The van der Waals surface area contributed by atoms with Crippen LogP contribution in [-0.4, -0.2) is 20.2 Å². The number of rotatable bonds is 4. The number of esters is 1. The molecule has 0 heterocycles. The maximum Gasteiger partial charge on any atom is 0.337 e. The van der Waals surface area contributed by atoms with Crippen molar-refractivity contribution >= 4 is 40.3 Å². The van der Waals surface area contributed by atoms with Crippen LogP contribution >= 0.6 is 34.4 Å². The lowest BCUT2D eigenvalue weighted by Gasteiger charge is -2.06. The number of halogens is 1. The minimum Gasteiger partial charge on any atom is -0.496 e. The topological polar surface area (TPSA) is 35.5 Å². The highest BCUT2D eigenvalue weighted by Crippen LogP contribution is 2.32. The molecule has 0 amide bonds. The van der Waals surface area contributed by atoms with Gasteiger partial charge >= 0.3 is 5.97 Å². The molecule has 0 aliphatic rings. The Morgan fingerprint density at radius 2 is 1.70 bits per heavy atom. The Morgan fingerprint density at radius 3 is 2.25 bits per heavy atom. The second kappa shape index (κ2) is 6.99. The molecule has 0 saturated carbocycles. The fraction of sp³-hybridized carbons (Fsp3) is 0.133. The maximum atomic E-state index is 11.4. The molecule has 20 heavy (non-hydrogen) atoms. The van der Waals surface area contributed by atoms with Crippen molar-refractivity contribution in [2.24, 2.45) is 0 Å². The number of benzene rings is 2. The molecular formula is C15H13IO3S. The summed E-state index contributed by atoms with van der Waals surface area (Å²) in [6.45, 7) is 0. The fourth-order valence-electron chi connectivity index (χ4n) is 1.62. The van der Waals surface area contributed by atoms with E-state index in [1.165, 1.54) is 7.11 Å². The van der Waals surface area contributed by atoms with Crippen molar-refractivity contribution < 1.29 is 14.3 Å². The zero-order valence-electron chi connectivity index (χ0n) is 11.1. The van der Waals surface area contributed by atoms with E-state index < -0.39 is 0 Å². The van der Waals surface area contributed by atoms with Gasteiger partial charge in [0.05, 0.1) is 23.4 Å². The number of carbonyl (C=O) groups is 1. The predicted octanol–water partition coefficient (Wildman–Crippen LogP) is 4.24. The number of hydrogen-bond acceptors (Lipinski definition) is 4. The molecule has 0 bridgehead atoms. The van der Waals surface area contributed by atoms with Crippen molar-refractivity contribution in [2.45, 2.75) is 9.79 Å². The summed E-state index contributed by atoms with van der Waals surface area (Å²) in [5.41, 5.74) is 0.557. The van der Waals surface area contributed by atoms with Crippen LogP contribution in [0.25, 0.3) is 0 Å². The molecule has 5 heteroatoms. The molecule has 2 aromatic rings. The van der Waals surface area contributed by atoms with E-state index in [1.807, 2.05) is 24.3 Å². The van der Waals surface area contributed by atoms with Gasteiger partial charge in [-0.1, -0.05) is 11.8 Å². The lowest BCUT2D eigenvalue weighted by atomic mass is 10.2. The highest BCUT2D eigenvalue weighted by atomic mass is 127. The average Bonchev–Trinajstić information content (AvgIpc) is 2.47. The summed E-state index contributed by atoms with van der Waals surface area (Å²) in [6, 6.07) is 13.4. The molecule has 0 aliphatic heterocycles. The second-order valence-corrected chi connectivity index (χ2v) is 6.22. The Labute approximate surface area is 135 Å². The van der Waals surface area contributed by atoms with Gasteiger partial charge in [-0.05, 0) is 65.1 Å². The van der Waals surface area contributed by atoms with E-state index in [-0.39, 0.29) is 5.97 Å². The third kappa shape index (κ3) is 3.67. The van der Waals surface area contributed by atoms with Gasteiger partial charge < -0.3 is 9.47 Å². The Morgan fingerprint density at radius 1 is 1.05 bits per heavy atom. The molecule has 104 valence electrons. The minimum absolute atomic E-state index is 0.319. The van der Waals surface area contributed by atoms with Crippen LogP contribution in [-0.2, 0) is 4.74 Å². The molecule has 0 unspecified atom stereocenters. The predicted molar refractivity (Wildman–Crippen MR) is 87.6 cm³/mol. The van der Waals surface area contributed by atoms with Crippen molar-refractivity contribution in [1.82, 2.24) is 0 Å². The van der Waals surface area contributed by atoms with Gasteiger partial charge in [0.1, 0.15) is 5.75 Å². The highest BCUT2D eigenvalue weighted by molar-refractivity contribution is 14.1. The van der Waals surface area contributed by atoms with Crippen molar-refractivity contribution in [3.05, 3.63) is 51.6 Å². The van der Waals surface area contributed by atoms with E-state index in [4.69, 9.17) is 4.74 Å². The van der Waals surface area contributed by atoms with Crippen LogP contribution in [0.3, 0.4) is 0 Å². The molecule has 0 atom stereocenters. The summed E-state index contributed by atoms with van der Waals surface area (Å²) in [6.07, 6.45) is 0. The van der Waals surface area contributed by atoms with E-state index in [9.17, 15) is 4.79 Å².